The number of carbonyl (C=O) groups is 3. The molecule has 1 aromatic heterocycles. The van der Waals surface area contributed by atoms with Crippen molar-refractivity contribution in [1.82, 2.24) is 24.9 Å². The number of aromatic nitrogens is 2. The number of allylic oxidation sites excluding steroid dienone is 1. The summed E-state index contributed by atoms with van der Waals surface area (Å²) in [6.07, 6.45) is 6.94. The molecular formula is C26H30N6O4. The summed E-state index contributed by atoms with van der Waals surface area (Å²) in [6, 6.07) is 5.32. The van der Waals surface area contributed by atoms with Gasteiger partial charge in [-0.2, -0.15) is 5.10 Å². The molecule has 0 spiro atoms. The Kier molecular flexibility index (Phi) is 5.85. The van der Waals surface area contributed by atoms with E-state index < -0.39 is 17.9 Å². The molecule has 2 aromatic rings. The summed E-state index contributed by atoms with van der Waals surface area (Å²) in [5, 5.41) is 10.6. The second-order valence-electron chi connectivity index (χ2n) is 10.00. The van der Waals surface area contributed by atoms with Crippen LogP contribution < -0.4 is 10.6 Å². The van der Waals surface area contributed by atoms with Crippen LogP contribution in [0.1, 0.15) is 58.0 Å². The van der Waals surface area contributed by atoms with Gasteiger partial charge in [-0.05, 0) is 37.8 Å². The number of amides is 3. The zero-order chi connectivity index (χ0) is 24.8. The van der Waals surface area contributed by atoms with Crippen molar-refractivity contribution in [2.45, 2.75) is 50.4 Å². The molecule has 1 unspecified atom stereocenters. The smallest absolute Gasteiger partial charge is 0.264 e. The maximum absolute atomic E-state index is 13.3. The van der Waals surface area contributed by atoms with Crippen molar-refractivity contribution in [1.29, 1.82) is 0 Å². The number of piperidine rings is 2. The van der Waals surface area contributed by atoms with Gasteiger partial charge in [-0.25, -0.2) is 0 Å². The minimum atomic E-state index is -0.822. The summed E-state index contributed by atoms with van der Waals surface area (Å²) in [6.45, 7) is 8.06. The average molecular weight is 491 g/mol. The van der Waals surface area contributed by atoms with Crippen molar-refractivity contribution in [3.63, 3.8) is 0 Å². The number of hydrogen-bond donors (Lipinski definition) is 2. The quantitative estimate of drug-likeness (QED) is 0.596. The highest BCUT2D eigenvalue weighted by Gasteiger charge is 2.45. The molecule has 1 atom stereocenters. The van der Waals surface area contributed by atoms with Crippen LogP contribution in [0.2, 0.25) is 0 Å². The van der Waals surface area contributed by atoms with Gasteiger partial charge in [-0.1, -0.05) is 12.6 Å². The molecule has 0 aliphatic carbocycles. The first-order valence-corrected chi connectivity index (χ1v) is 12.6. The van der Waals surface area contributed by atoms with Gasteiger partial charge in [-0.15, -0.1) is 0 Å². The van der Waals surface area contributed by atoms with Crippen LogP contribution in [0.15, 0.2) is 42.9 Å². The Balaban J connectivity index is 1.12. The van der Waals surface area contributed by atoms with Crippen LogP contribution in [-0.4, -0.2) is 75.7 Å². The Hall–Kier alpha value is -3.50. The first-order valence-electron chi connectivity index (χ1n) is 12.6. The van der Waals surface area contributed by atoms with E-state index in [2.05, 4.69) is 33.4 Å². The van der Waals surface area contributed by atoms with E-state index in [9.17, 15) is 14.4 Å². The molecular weight excluding hydrogens is 460 g/mol. The van der Waals surface area contributed by atoms with Crippen LogP contribution in [0.4, 0.5) is 5.69 Å². The van der Waals surface area contributed by atoms with Crippen LogP contribution in [0.25, 0.3) is 0 Å². The monoisotopic (exact) mass is 490 g/mol. The Labute approximate surface area is 209 Å². The fraction of sp³-hybridized carbons (Fsp3) is 0.462. The van der Waals surface area contributed by atoms with E-state index in [0.717, 1.165) is 49.6 Å². The fourth-order valence-electron chi connectivity index (χ4n) is 5.56. The van der Waals surface area contributed by atoms with Gasteiger partial charge in [0.25, 0.3) is 11.8 Å². The summed E-state index contributed by atoms with van der Waals surface area (Å²) in [4.78, 5) is 42.5. The Morgan fingerprint density at radius 3 is 2.61 bits per heavy atom. The third kappa shape index (κ3) is 4.00. The fourth-order valence-corrected chi connectivity index (χ4v) is 5.56. The summed E-state index contributed by atoms with van der Waals surface area (Å²) < 4.78 is 7.37. The highest BCUT2D eigenvalue weighted by atomic mass is 16.5. The van der Waals surface area contributed by atoms with E-state index >= 15 is 0 Å². The number of ether oxygens (including phenoxy) is 1. The molecule has 3 saturated heterocycles. The molecule has 5 heterocycles. The molecule has 0 saturated carbocycles. The first kappa shape index (κ1) is 22.9. The van der Waals surface area contributed by atoms with Crippen molar-refractivity contribution >= 4 is 23.4 Å². The van der Waals surface area contributed by atoms with Gasteiger partial charge < -0.3 is 15.4 Å². The zero-order valence-electron chi connectivity index (χ0n) is 20.1. The lowest BCUT2D eigenvalue weighted by atomic mass is 10.0. The van der Waals surface area contributed by atoms with Crippen molar-refractivity contribution in [3.8, 4) is 0 Å². The molecule has 188 valence electrons. The second-order valence-corrected chi connectivity index (χ2v) is 10.00. The van der Waals surface area contributed by atoms with Gasteiger partial charge in [-0.3, -0.25) is 28.9 Å². The number of imide groups is 1. The number of carbonyl (C=O) groups excluding carboxylic acids is 3. The van der Waals surface area contributed by atoms with Crippen LogP contribution in [0.5, 0.6) is 0 Å². The first-order chi connectivity index (χ1) is 17.5. The van der Waals surface area contributed by atoms with E-state index in [1.807, 2.05) is 10.9 Å². The van der Waals surface area contributed by atoms with Crippen LogP contribution in [-0.2, 0) is 16.1 Å². The molecule has 0 radical (unpaired) electrons. The van der Waals surface area contributed by atoms with Gasteiger partial charge >= 0.3 is 0 Å². The Morgan fingerprint density at radius 2 is 1.89 bits per heavy atom. The van der Waals surface area contributed by atoms with Gasteiger partial charge in [0.05, 0.1) is 42.6 Å². The summed E-state index contributed by atoms with van der Waals surface area (Å²) in [5.74, 6) is -1.24. The highest BCUT2D eigenvalue weighted by Crippen LogP contribution is 2.33. The number of nitrogens with zero attached hydrogens (tertiary/aromatic N) is 4. The largest absolute Gasteiger partial charge is 0.380 e. The standard InChI is InChI=1S/C26H30N6O4/c1-16-5-6-22(24(33)29-16)32-25(34)20-3-2-4-21(23(20)26(32)35)27-11-17-12-28-31(13-17)18-7-9-30(10-8-18)19-14-36-15-19/h2-4,12-13,18-19,22,27H,1,5-11,14-15H2,(H,29,33). The van der Waals surface area contributed by atoms with Crippen LogP contribution >= 0.6 is 0 Å². The Bertz CT molecular complexity index is 1230. The normalized spacial score (nSPS) is 23.6. The third-order valence-electron chi connectivity index (χ3n) is 7.73. The maximum Gasteiger partial charge on any atom is 0.264 e. The van der Waals surface area contributed by atoms with E-state index in [0.29, 0.717) is 54.0 Å². The SMILES string of the molecule is C=C1CCC(N2C(=O)c3cccc(NCc4cnn(C5CCN(C6COC6)CC5)c4)c3C2=O)C(=O)N1. The number of benzene rings is 1. The molecule has 10 heteroatoms. The minimum Gasteiger partial charge on any atom is -0.380 e. The summed E-state index contributed by atoms with van der Waals surface area (Å²) in [7, 11) is 0. The summed E-state index contributed by atoms with van der Waals surface area (Å²) >= 11 is 0. The van der Waals surface area contributed by atoms with Gasteiger partial charge in [0, 0.05) is 42.8 Å². The van der Waals surface area contributed by atoms with E-state index in [4.69, 9.17) is 4.74 Å². The number of anilines is 1. The molecule has 1 aromatic carbocycles. The number of likely N-dealkylation sites (tertiary alicyclic amines) is 1. The lowest BCUT2D eigenvalue weighted by molar-refractivity contribution is -0.125. The number of rotatable bonds is 6. The average Bonchev–Trinajstić information content (AvgIpc) is 3.41. The molecule has 4 aliphatic heterocycles. The van der Waals surface area contributed by atoms with Gasteiger partial charge in [0.15, 0.2) is 0 Å². The molecule has 36 heavy (non-hydrogen) atoms. The predicted octanol–water partition coefficient (Wildman–Crippen LogP) is 1.92. The van der Waals surface area contributed by atoms with Gasteiger partial charge in [0.1, 0.15) is 6.04 Å². The maximum atomic E-state index is 13.3. The highest BCUT2D eigenvalue weighted by molar-refractivity contribution is 6.25. The molecule has 3 amide bonds. The van der Waals surface area contributed by atoms with E-state index in [1.54, 1.807) is 18.2 Å². The molecule has 0 bridgehead atoms. The van der Waals surface area contributed by atoms with Crippen molar-refractivity contribution in [2.75, 3.05) is 31.6 Å². The van der Waals surface area contributed by atoms with E-state index in [-0.39, 0.29) is 5.91 Å². The lowest BCUT2D eigenvalue weighted by Crippen LogP contribution is -2.51. The third-order valence-corrected chi connectivity index (χ3v) is 7.73. The van der Waals surface area contributed by atoms with Crippen molar-refractivity contribution < 1.29 is 19.1 Å². The number of fused-ring (bicyclic) bond motifs is 1. The molecule has 2 N–H and O–H groups in total. The predicted molar refractivity (Wildman–Crippen MR) is 131 cm³/mol. The Morgan fingerprint density at radius 1 is 1.08 bits per heavy atom. The number of hydrogen-bond acceptors (Lipinski definition) is 7. The topological polar surface area (TPSA) is 109 Å². The molecule has 10 nitrogen and oxygen atoms in total. The minimum absolute atomic E-state index is 0.319. The van der Waals surface area contributed by atoms with Crippen molar-refractivity contribution in [3.05, 3.63) is 59.6 Å². The zero-order valence-corrected chi connectivity index (χ0v) is 20.1. The molecule has 3 fully saturated rings. The number of nitrogens with one attached hydrogen (secondary N) is 2. The lowest BCUT2D eigenvalue weighted by Gasteiger charge is -2.41. The molecule has 6 rings (SSSR count). The second kappa shape index (κ2) is 9.18. The summed E-state index contributed by atoms with van der Waals surface area (Å²) in [5.41, 5.74) is 2.83. The van der Waals surface area contributed by atoms with Crippen LogP contribution in [0.3, 0.4) is 0 Å². The van der Waals surface area contributed by atoms with Crippen molar-refractivity contribution in [2.24, 2.45) is 0 Å². The van der Waals surface area contributed by atoms with Gasteiger partial charge in [0.2, 0.25) is 5.91 Å². The molecule has 4 aliphatic rings. The van der Waals surface area contributed by atoms with E-state index in [1.165, 1.54) is 0 Å². The van der Waals surface area contributed by atoms with Crippen LogP contribution in [0, 0.1) is 0 Å².